The molecule has 0 bridgehead atoms. The molecule has 0 unspecified atom stereocenters. The fourth-order valence-electron chi connectivity index (χ4n) is 2.48. The Balaban J connectivity index is 2.09. The van der Waals surface area contributed by atoms with Gasteiger partial charge in [0.05, 0.1) is 20.6 Å². The summed E-state index contributed by atoms with van der Waals surface area (Å²) in [5, 5.41) is 0. The van der Waals surface area contributed by atoms with Crippen molar-refractivity contribution in [3.05, 3.63) is 53.1 Å². The molecule has 0 atom stereocenters. The first-order chi connectivity index (χ1) is 11.4. The molecule has 2 aromatic carbocycles. The molecule has 128 valence electrons. The summed E-state index contributed by atoms with van der Waals surface area (Å²) in [5.41, 5.74) is 9.40. The average molecular weight is 328 g/mol. The van der Waals surface area contributed by atoms with Gasteiger partial charge in [0, 0.05) is 19.3 Å². The normalized spacial score (nSPS) is 10.3. The molecule has 0 radical (unpaired) electrons. The molecule has 24 heavy (non-hydrogen) atoms. The largest absolute Gasteiger partial charge is 0.493 e. The predicted octanol–water partition coefficient (Wildman–Crippen LogP) is 2.80. The summed E-state index contributed by atoms with van der Waals surface area (Å²) in [6, 6.07) is 11.2. The van der Waals surface area contributed by atoms with Crippen LogP contribution in [0, 0.1) is 6.92 Å². The van der Waals surface area contributed by atoms with Gasteiger partial charge in [0.15, 0.2) is 11.5 Å². The zero-order valence-corrected chi connectivity index (χ0v) is 14.6. The Morgan fingerprint density at radius 2 is 1.67 bits per heavy atom. The van der Waals surface area contributed by atoms with Crippen molar-refractivity contribution in [3.63, 3.8) is 0 Å². The fraction of sp³-hybridized carbons (Fsp3) is 0.316. The highest BCUT2D eigenvalue weighted by Crippen LogP contribution is 2.30. The van der Waals surface area contributed by atoms with Gasteiger partial charge in [-0.2, -0.15) is 0 Å². The number of nitrogen functional groups attached to an aromatic ring is 1. The zero-order valence-electron chi connectivity index (χ0n) is 14.6. The molecule has 2 N–H and O–H groups in total. The number of benzene rings is 2. The second kappa shape index (κ2) is 7.73. The van der Waals surface area contributed by atoms with Crippen LogP contribution in [0.15, 0.2) is 36.4 Å². The van der Waals surface area contributed by atoms with Crippen molar-refractivity contribution in [1.29, 1.82) is 0 Å². The number of aryl methyl sites for hydroxylation is 1. The van der Waals surface area contributed by atoms with Crippen LogP contribution in [0.4, 0.5) is 5.69 Å². The van der Waals surface area contributed by atoms with Crippen molar-refractivity contribution in [1.82, 2.24) is 4.90 Å². The summed E-state index contributed by atoms with van der Waals surface area (Å²) < 4.78 is 10.6. The van der Waals surface area contributed by atoms with E-state index >= 15 is 0 Å². The maximum Gasteiger partial charge on any atom is 0.227 e. The van der Waals surface area contributed by atoms with Crippen LogP contribution >= 0.6 is 0 Å². The van der Waals surface area contributed by atoms with E-state index in [1.807, 2.05) is 31.2 Å². The smallest absolute Gasteiger partial charge is 0.227 e. The summed E-state index contributed by atoms with van der Waals surface area (Å²) in [5.74, 6) is 1.40. The molecular formula is C19H24N2O3. The number of nitrogens with zero attached hydrogens (tertiary/aromatic N) is 1. The van der Waals surface area contributed by atoms with E-state index in [2.05, 4.69) is 0 Å². The number of anilines is 1. The van der Waals surface area contributed by atoms with Gasteiger partial charge < -0.3 is 20.1 Å². The third kappa shape index (κ3) is 4.19. The van der Waals surface area contributed by atoms with Crippen LogP contribution in [-0.2, 0) is 17.8 Å². The SMILES string of the molecule is COc1cc(C)c(CN(C)C(=O)Cc2ccc(N)cc2)cc1OC. The molecule has 0 heterocycles. The average Bonchev–Trinajstić information content (AvgIpc) is 2.58. The third-order valence-corrected chi connectivity index (χ3v) is 4.01. The molecule has 0 aliphatic heterocycles. The minimum atomic E-state index is 0.0500. The van der Waals surface area contributed by atoms with E-state index in [9.17, 15) is 4.79 Å². The Bertz CT molecular complexity index is 711. The van der Waals surface area contributed by atoms with E-state index in [4.69, 9.17) is 15.2 Å². The van der Waals surface area contributed by atoms with Crippen LogP contribution in [0.2, 0.25) is 0 Å². The van der Waals surface area contributed by atoms with Gasteiger partial charge in [0.2, 0.25) is 5.91 Å². The van der Waals surface area contributed by atoms with E-state index < -0.39 is 0 Å². The molecule has 0 saturated carbocycles. The summed E-state index contributed by atoms with van der Waals surface area (Å²) in [6.07, 6.45) is 0.350. The minimum absolute atomic E-state index is 0.0500. The van der Waals surface area contributed by atoms with Gasteiger partial charge in [-0.1, -0.05) is 12.1 Å². The highest BCUT2D eigenvalue weighted by atomic mass is 16.5. The lowest BCUT2D eigenvalue weighted by atomic mass is 10.1. The Morgan fingerprint density at radius 1 is 1.08 bits per heavy atom. The molecular weight excluding hydrogens is 304 g/mol. The summed E-state index contributed by atoms with van der Waals surface area (Å²) >= 11 is 0. The summed E-state index contributed by atoms with van der Waals surface area (Å²) in [6.45, 7) is 2.51. The molecule has 5 nitrogen and oxygen atoms in total. The Morgan fingerprint density at radius 3 is 2.25 bits per heavy atom. The first kappa shape index (κ1) is 17.7. The summed E-state index contributed by atoms with van der Waals surface area (Å²) in [7, 11) is 5.02. The number of rotatable bonds is 6. The number of methoxy groups -OCH3 is 2. The molecule has 2 aromatic rings. The van der Waals surface area contributed by atoms with Gasteiger partial charge in [-0.3, -0.25) is 4.79 Å². The zero-order chi connectivity index (χ0) is 17.7. The number of carbonyl (C=O) groups is 1. The lowest BCUT2D eigenvalue weighted by molar-refractivity contribution is -0.129. The van der Waals surface area contributed by atoms with Gasteiger partial charge in [-0.05, 0) is 47.9 Å². The first-order valence-corrected chi connectivity index (χ1v) is 7.74. The van der Waals surface area contributed by atoms with Crippen LogP contribution in [0.5, 0.6) is 11.5 Å². The Hall–Kier alpha value is -2.69. The predicted molar refractivity (Wildman–Crippen MR) is 95.3 cm³/mol. The quantitative estimate of drug-likeness (QED) is 0.828. The molecule has 0 fully saturated rings. The van der Waals surface area contributed by atoms with Gasteiger partial charge in [-0.25, -0.2) is 0 Å². The molecule has 2 rings (SSSR count). The number of hydrogen-bond donors (Lipinski definition) is 1. The standard InChI is InChI=1S/C19H24N2O3/c1-13-9-17(23-3)18(24-4)11-15(13)12-21(2)19(22)10-14-5-7-16(20)8-6-14/h5-9,11H,10,12,20H2,1-4H3. The lowest BCUT2D eigenvalue weighted by Crippen LogP contribution is -2.28. The highest BCUT2D eigenvalue weighted by molar-refractivity contribution is 5.78. The number of carbonyl (C=O) groups excluding carboxylic acids is 1. The fourth-order valence-corrected chi connectivity index (χ4v) is 2.48. The van der Waals surface area contributed by atoms with E-state index in [1.165, 1.54) is 0 Å². The van der Waals surface area contributed by atoms with Gasteiger partial charge in [0.25, 0.3) is 0 Å². The van der Waals surface area contributed by atoms with Crippen molar-refractivity contribution in [2.24, 2.45) is 0 Å². The van der Waals surface area contributed by atoms with Gasteiger partial charge >= 0.3 is 0 Å². The lowest BCUT2D eigenvalue weighted by Gasteiger charge is -2.20. The van der Waals surface area contributed by atoms with Crippen molar-refractivity contribution < 1.29 is 14.3 Å². The van der Waals surface area contributed by atoms with Crippen molar-refractivity contribution in [2.75, 3.05) is 27.0 Å². The first-order valence-electron chi connectivity index (χ1n) is 7.74. The Kier molecular flexibility index (Phi) is 5.68. The maximum absolute atomic E-state index is 12.4. The highest BCUT2D eigenvalue weighted by Gasteiger charge is 2.14. The van der Waals surface area contributed by atoms with Gasteiger partial charge in [0.1, 0.15) is 0 Å². The minimum Gasteiger partial charge on any atom is -0.493 e. The van der Waals surface area contributed by atoms with Crippen LogP contribution in [0.25, 0.3) is 0 Å². The number of amides is 1. The monoisotopic (exact) mass is 328 g/mol. The van der Waals surface area contributed by atoms with Crippen LogP contribution in [0.3, 0.4) is 0 Å². The number of hydrogen-bond acceptors (Lipinski definition) is 4. The van der Waals surface area contributed by atoms with E-state index in [-0.39, 0.29) is 5.91 Å². The maximum atomic E-state index is 12.4. The van der Waals surface area contributed by atoms with E-state index in [1.54, 1.807) is 38.3 Å². The summed E-state index contributed by atoms with van der Waals surface area (Å²) in [4.78, 5) is 14.1. The number of likely N-dealkylation sites (N-methyl/N-ethyl adjacent to an activating group) is 1. The molecule has 0 saturated heterocycles. The molecule has 0 aliphatic rings. The molecule has 0 spiro atoms. The van der Waals surface area contributed by atoms with Crippen LogP contribution in [0.1, 0.15) is 16.7 Å². The van der Waals surface area contributed by atoms with Gasteiger partial charge in [-0.15, -0.1) is 0 Å². The van der Waals surface area contributed by atoms with Crippen LogP contribution < -0.4 is 15.2 Å². The van der Waals surface area contributed by atoms with E-state index in [0.717, 1.165) is 16.7 Å². The Labute approximate surface area is 143 Å². The second-order valence-electron chi connectivity index (χ2n) is 5.80. The number of nitrogens with two attached hydrogens (primary N) is 1. The van der Waals surface area contributed by atoms with Crippen molar-refractivity contribution >= 4 is 11.6 Å². The van der Waals surface area contributed by atoms with Crippen molar-refractivity contribution in [3.8, 4) is 11.5 Å². The van der Waals surface area contributed by atoms with Crippen molar-refractivity contribution in [2.45, 2.75) is 19.9 Å². The molecule has 1 amide bonds. The molecule has 0 aliphatic carbocycles. The third-order valence-electron chi connectivity index (χ3n) is 4.01. The topological polar surface area (TPSA) is 64.8 Å². The molecule has 0 aromatic heterocycles. The van der Waals surface area contributed by atoms with Crippen LogP contribution in [-0.4, -0.2) is 32.1 Å². The van der Waals surface area contributed by atoms with E-state index in [0.29, 0.717) is 30.2 Å². The molecule has 5 heteroatoms. The second-order valence-corrected chi connectivity index (χ2v) is 5.80. The number of ether oxygens (including phenoxy) is 2.